The molecule has 3 heteroatoms. The molecule has 2 N–H and O–H groups in total. The Morgan fingerprint density at radius 3 is 2.83 bits per heavy atom. The molecule has 0 heterocycles. The highest BCUT2D eigenvalue weighted by Crippen LogP contribution is 1.94. The molecule has 1 unspecified atom stereocenters. The maximum absolute atomic E-state index is 9.17. The van der Waals surface area contributed by atoms with Gasteiger partial charge >= 0.3 is 0 Å². The summed E-state index contributed by atoms with van der Waals surface area (Å²) >= 11 is 0. The summed E-state index contributed by atoms with van der Waals surface area (Å²) in [4.78, 5) is 0. The van der Waals surface area contributed by atoms with E-state index in [1.165, 1.54) is 0 Å². The Kier molecular flexibility index (Phi) is 8.09. The summed E-state index contributed by atoms with van der Waals surface area (Å²) in [5.74, 6) is 0. The second kappa shape index (κ2) is 8.51. The zero-order valence-corrected chi connectivity index (χ0v) is 7.71. The van der Waals surface area contributed by atoms with Crippen LogP contribution in [0.3, 0.4) is 0 Å². The van der Waals surface area contributed by atoms with Gasteiger partial charge < -0.3 is 10.4 Å². The van der Waals surface area contributed by atoms with E-state index in [0.717, 1.165) is 32.4 Å². The lowest BCUT2D eigenvalue weighted by Crippen LogP contribution is -2.21. The van der Waals surface area contributed by atoms with Gasteiger partial charge in [0.05, 0.1) is 12.2 Å². The second-order valence-corrected chi connectivity index (χ2v) is 2.86. The van der Waals surface area contributed by atoms with E-state index in [1.54, 1.807) is 0 Å². The molecule has 0 rings (SSSR count). The maximum Gasteiger partial charge on any atom is 0.0622 e. The fraction of sp³-hybridized carbons (Fsp3) is 0.889. The molecule has 0 aromatic carbocycles. The summed E-state index contributed by atoms with van der Waals surface area (Å²) in [5, 5.41) is 20.6. The van der Waals surface area contributed by atoms with Crippen molar-refractivity contribution in [1.29, 1.82) is 5.26 Å². The molecule has 0 radical (unpaired) electrons. The zero-order valence-electron chi connectivity index (χ0n) is 7.71. The molecule has 0 bridgehead atoms. The van der Waals surface area contributed by atoms with E-state index in [-0.39, 0.29) is 6.10 Å². The van der Waals surface area contributed by atoms with E-state index in [1.807, 2.05) is 6.92 Å². The van der Waals surface area contributed by atoms with Crippen LogP contribution in [0.5, 0.6) is 0 Å². The summed E-state index contributed by atoms with van der Waals surface area (Å²) in [5.41, 5.74) is 0. The lowest BCUT2D eigenvalue weighted by atomic mass is 10.2. The average Bonchev–Trinajstić information content (AvgIpc) is 2.10. The van der Waals surface area contributed by atoms with Gasteiger partial charge in [0.15, 0.2) is 0 Å². The van der Waals surface area contributed by atoms with E-state index in [2.05, 4.69) is 11.4 Å². The molecule has 0 saturated carbocycles. The van der Waals surface area contributed by atoms with Crippen LogP contribution in [0.2, 0.25) is 0 Å². The first kappa shape index (κ1) is 11.4. The number of aliphatic hydroxyl groups is 1. The number of unbranched alkanes of at least 4 members (excludes halogenated alkanes) is 1. The highest BCUT2D eigenvalue weighted by atomic mass is 16.3. The molecule has 0 aromatic rings. The first-order chi connectivity index (χ1) is 5.81. The van der Waals surface area contributed by atoms with Crippen molar-refractivity contribution in [1.82, 2.24) is 5.32 Å². The Bertz CT molecular complexity index is 131. The van der Waals surface area contributed by atoms with Crippen LogP contribution in [-0.2, 0) is 0 Å². The topological polar surface area (TPSA) is 56.0 Å². The molecule has 0 amide bonds. The summed E-state index contributed by atoms with van der Waals surface area (Å²) in [6, 6.07) is 2.09. The predicted molar refractivity (Wildman–Crippen MR) is 48.6 cm³/mol. The zero-order chi connectivity index (χ0) is 9.23. The van der Waals surface area contributed by atoms with Crippen LogP contribution in [0.25, 0.3) is 0 Å². The van der Waals surface area contributed by atoms with E-state index < -0.39 is 0 Å². The molecule has 0 aliphatic rings. The molecule has 0 aromatic heterocycles. The number of hydrogen-bond donors (Lipinski definition) is 2. The molecule has 0 fully saturated rings. The summed E-state index contributed by atoms with van der Waals surface area (Å²) in [6.45, 7) is 3.70. The molecule has 12 heavy (non-hydrogen) atoms. The van der Waals surface area contributed by atoms with Crippen LogP contribution in [0.15, 0.2) is 0 Å². The second-order valence-electron chi connectivity index (χ2n) is 2.86. The summed E-state index contributed by atoms with van der Waals surface area (Å²) in [6.07, 6.45) is 2.97. The Balaban J connectivity index is 2.96. The number of hydrogen-bond acceptors (Lipinski definition) is 3. The van der Waals surface area contributed by atoms with Crippen molar-refractivity contribution in [3.05, 3.63) is 0 Å². The van der Waals surface area contributed by atoms with Gasteiger partial charge in [-0.2, -0.15) is 5.26 Å². The Labute approximate surface area is 74.4 Å². The molecule has 3 nitrogen and oxygen atoms in total. The SMILES string of the molecule is CCC(O)CCNCCCC#N. The monoisotopic (exact) mass is 170 g/mol. The average molecular weight is 170 g/mol. The van der Waals surface area contributed by atoms with Crippen molar-refractivity contribution >= 4 is 0 Å². The Hall–Kier alpha value is -0.590. The summed E-state index contributed by atoms with van der Waals surface area (Å²) in [7, 11) is 0. The van der Waals surface area contributed by atoms with Gasteiger partial charge in [-0.1, -0.05) is 6.92 Å². The molecule has 1 atom stereocenters. The highest BCUT2D eigenvalue weighted by Gasteiger charge is 1.98. The van der Waals surface area contributed by atoms with Crippen LogP contribution in [0.1, 0.15) is 32.6 Å². The molecular weight excluding hydrogens is 152 g/mol. The minimum absolute atomic E-state index is 0.173. The fourth-order valence-corrected chi connectivity index (χ4v) is 0.890. The van der Waals surface area contributed by atoms with Gasteiger partial charge in [-0.15, -0.1) is 0 Å². The lowest BCUT2D eigenvalue weighted by Gasteiger charge is -2.07. The van der Waals surface area contributed by atoms with Gasteiger partial charge in [0.1, 0.15) is 0 Å². The Morgan fingerprint density at radius 2 is 2.25 bits per heavy atom. The largest absolute Gasteiger partial charge is 0.393 e. The van der Waals surface area contributed by atoms with Gasteiger partial charge in [0, 0.05) is 6.42 Å². The number of nitrogens with one attached hydrogen (secondary N) is 1. The minimum atomic E-state index is -0.173. The lowest BCUT2D eigenvalue weighted by molar-refractivity contribution is 0.160. The van der Waals surface area contributed by atoms with Gasteiger partial charge in [-0.3, -0.25) is 0 Å². The maximum atomic E-state index is 9.17. The predicted octanol–water partition coefficient (Wildman–Crippen LogP) is 1.04. The van der Waals surface area contributed by atoms with Gasteiger partial charge in [-0.25, -0.2) is 0 Å². The standard InChI is InChI=1S/C9H18N2O/c1-2-9(12)5-8-11-7-4-3-6-10/h9,11-12H,2-5,7-8H2,1H3. The normalized spacial score (nSPS) is 12.4. The van der Waals surface area contributed by atoms with Crippen LogP contribution in [0.4, 0.5) is 0 Å². The Morgan fingerprint density at radius 1 is 1.50 bits per heavy atom. The van der Waals surface area contributed by atoms with E-state index in [4.69, 9.17) is 10.4 Å². The van der Waals surface area contributed by atoms with Crippen molar-refractivity contribution in [2.24, 2.45) is 0 Å². The van der Waals surface area contributed by atoms with Crippen molar-refractivity contribution in [2.75, 3.05) is 13.1 Å². The minimum Gasteiger partial charge on any atom is -0.393 e. The third-order valence-corrected chi connectivity index (χ3v) is 1.77. The first-order valence-corrected chi connectivity index (χ1v) is 4.57. The number of rotatable bonds is 7. The van der Waals surface area contributed by atoms with Crippen molar-refractivity contribution < 1.29 is 5.11 Å². The van der Waals surface area contributed by atoms with Crippen LogP contribution in [0, 0.1) is 11.3 Å². The van der Waals surface area contributed by atoms with Gasteiger partial charge in [0.2, 0.25) is 0 Å². The van der Waals surface area contributed by atoms with E-state index in [9.17, 15) is 0 Å². The van der Waals surface area contributed by atoms with Crippen molar-refractivity contribution in [2.45, 2.75) is 38.7 Å². The first-order valence-electron chi connectivity index (χ1n) is 4.57. The molecule has 0 spiro atoms. The molecule has 70 valence electrons. The molecule has 0 saturated heterocycles. The van der Waals surface area contributed by atoms with E-state index >= 15 is 0 Å². The number of nitriles is 1. The van der Waals surface area contributed by atoms with Gasteiger partial charge in [0.25, 0.3) is 0 Å². The van der Waals surface area contributed by atoms with Crippen molar-refractivity contribution in [3.8, 4) is 6.07 Å². The van der Waals surface area contributed by atoms with Crippen LogP contribution in [-0.4, -0.2) is 24.3 Å². The number of nitrogens with zero attached hydrogens (tertiary/aromatic N) is 1. The van der Waals surface area contributed by atoms with Crippen LogP contribution < -0.4 is 5.32 Å². The smallest absolute Gasteiger partial charge is 0.0622 e. The van der Waals surface area contributed by atoms with E-state index in [0.29, 0.717) is 6.42 Å². The van der Waals surface area contributed by atoms with Crippen LogP contribution >= 0.6 is 0 Å². The third kappa shape index (κ3) is 7.52. The molecule has 0 aliphatic heterocycles. The summed E-state index contributed by atoms with van der Waals surface area (Å²) < 4.78 is 0. The quantitative estimate of drug-likeness (QED) is 0.561. The highest BCUT2D eigenvalue weighted by molar-refractivity contribution is 4.68. The molecule has 0 aliphatic carbocycles. The van der Waals surface area contributed by atoms with Gasteiger partial charge in [-0.05, 0) is 32.4 Å². The third-order valence-electron chi connectivity index (χ3n) is 1.77. The fourth-order valence-electron chi connectivity index (χ4n) is 0.890. The number of aliphatic hydroxyl groups excluding tert-OH is 1. The van der Waals surface area contributed by atoms with Crippen molar-refractivity contribution in [3.63, 3.8) is 0 Å². The molecular formula is C9H18N2O.